The lowest BCUT2D eigenvalue weighted by atomic mass is 10.2. The van der Waals surface area contributed by atoms with Gasteiger partial charge in [0.05, 0.1) is 10.6 Å². The van der Waals surface area contributed by atoms with Crippen LogP contribution in [-0.4, -0.2) is 33.2 Å². The summed E-state index contributed by atoms with van der Waals surface area (Å²) in [6.45, 7) is 2.12. The van der Waals surface area contributed by atoms with Gasteiger partial charge < -0.3 is 10.7 Å². The highest BCUT2D eigenvalue weighted by atomic mass is 35.5. The van der Waals surface area contributed by atoms with Crippen LogP contribution in [0, 0.1) is 0 Å². The molecule has 18 heavy (non-hydrogen) atoms. The fourth-order valence-electron chi connectivity index (χ4n) is 1.12. The van der Waals surface area contributed by atoms with Crippen molar-refractivity contribution in [2.24, 2.45) is 5.84 Å². The number of carbonyl (C=O) groups is 1. The summed E-state index contributed by atoms with van der Waals surface area (Å²) in [5, 5.41) is 2.81. The Morgan fingerprint density at radius 3 is 2.83 bits per heavy atom. The summed E-state index contributed by atoms with van der Waals surface area (Å²) >= 11 is 5.85. The molecule has 6 nitrogen and oxygen atoms in total. The second kappa shape index (κ2) is 6.67. The van der Waals surface area contributed by atoms with Crippen molar-refractivity contribution in [3.63, 3.8) is 0 Å². The molecule has 1 aromatic rings. The van der Waals surface area contributed by atoms with Crippen LogP contribution in [-0.2, 0) is 10.8 Å². The van der Waals surface area contributed by atoms with E-state index in [1.54, 1.807) is 13.2 Å². The molecule has 0 aliphatic carbocycles. The first kappa shape index (κ1) is 14.9. The lowest BCUT2D eigenvalue weighted by molar-refractivity contribution is 0.0954. The molecule has 100 valence electrons. The van der Waals surface area contributed by atoms with Crippen LogP contribution in [0.2, 0.25) is 5.02 Å². The zero-order valence-corrected chi connectivity index (χ0v) is 11.6. The molecule has 2 unspecified atom stereocenters. The largest absolute Gasteiger partial charge is 0.351 e. The van der Waals surface area contributed by atoms with E-state index in [2.05, 4.69) is 15.7 Å². The van der Waals surface area contributed by atoms with Crippen LogP contribution >= 0.6 is 11.6 Å². The van der Waals surface area contributed by atoms with Gasteiger partial charge in [-0.3, -0.25) is 9.00 Å². The summed E-state index contributed by atoms with van der Waals surface area (Å²) in [5.74, 6) is 5.16. The van der Waals surface area contributed by atoms with E-state index < -0.39 is 10.8 Å². The van der Waals surface area contributed by atoms with Gasteiger partial charge in [0.15, 0.2) is 5.82 Å². The molecule has 0 bridgehead atoms. The Labute approximate surface area is 113 Å². The molecule has 4 N–H and O–H groups in total. The maximum Gasteiger partial charge on any atom is 0.252 e. The second-order valence-electron chi connectivity index (χ2n) is 3.72. The van der Waals surface area contributed by atoms with Gasteiger partial charge in [-0.05, 0) is 13.0 Å². The lowest BCUT2D eigenvalue weighted by Gasteiger charge is -2.10. The van der Waals surface area contributed by atoms with Crippen LogP contribution in [0.25, 0.3) is 0 Å². The maximum absolute atomic E-state index is 11.8. The van der Waals surface area contributed by atoms with Crippen molar-refractivity contribution in [3.8, 4) is 0 Å². The SMILES string of the molecule is CC(CNC(=O)c1cnc(NN)c(Cl)c1)S(C)=O. The molecule has 1 rings (SSSR count). The summed E-state index contributed by atoms with van der Waals surface area (Å²) in [6.07, 6.45) is 2.96. The number of hydrazine groups is 1. The Kier molecular flexibility index (Phi) is 5.52. The van der Waals surface area contributed by atoms with E-state index in [-0.39, 0.29) is 16.2 Å². The monoisotopic (exact) mass is 290 g/mol. The van der Waals surface area contributed by atoms with Gasteiger partial charge >= 0.3 is 0 Å². The van der Waals surface area contributed by atoms with Crippen molar-refractivity contribution in [1.82, 2.24) is 10.3 Å². The number of aromatic nitrogens is 1. The average Bonchev–Trinajstić information content (AvgIpc) is 2.35. The highest BCUT2D eigenvalue weighted by molar-refractivity contribution is 7.84. The predicted octanol–water partition coefficient (Wildman–Crippen LogP) is 0.517. The van der Waals surface area contributed by atoms with Gasteiger partial charge in [0.1, 0.15) is 0 Å². The Morgan fingerprint density at radius 1 is 1.67 bits per heavy atom. The van der Waals surface area contributed by atoms with Crippen molar-refractivity contribution in [2.45, 2.75) is 12.2 Å². The number of hydrogen-bond donors (Lipinski definition) is 3. The number of nitrogens with two attached hydrogens (primary N) is 1. The van der Waals surface area contributed by atoms with Gasteiger partial charge in [0.2, 0.25) is 0 Å². The number of nitrogen functional groups attached to an aromatic ring is 1. The number of nitrogens with one attached hydrogen (secondary N) is 2. The van der Waals surface area contributed by atoms with Gasteiger partial charge in [-0.1, -0.05) is 11.6 Å². The minimum absolute atomic E-state index is 0.109. The van der Waals surface area contributed by atoms with Crippen LogP contribution in [0.15, 0.2) is 12.3 Å². The summed E-state index contributed by atoms with van der Waals surface area (Å²) in [7, 11) is -0.976. The number of carbonyl (C=O) groups excluding carboxylic acids is 1. The molecule has 1 amide bonds. The molecule has 2 atom stereocenters. The number of nitrogens with zero attached hydrogens (tertiary/aromatic N) is 1. The van der Waals surface area contributed by atoms with Gasteiger partial charge in [0, 0.05) is 35.0 Å². The van der Waals surface area contributed by atoms with Crippen molar-refractivity contribution in [1.29, 1.82) is 0 Å². The highest BCUT2D eigenvalue weighted by Gasteiger charge is 2.12. The zero-order chi connectivity index (χ0) is 13.7. The summed E-state index contributed by atoms with van der Waals surface area (Å²) in [5.41, 5.74) is 2.64. The molecule has 0 saturated heterocycles. The third kappa shape index (κ3) is 3.94. The Bertz CT molecular complexity index is 469. The summed E-state index contributed by atoms with van der Waals surface area (Å²) in [4.78, 5) is 15.7. The lowest BCUT2D eigenvalue weighted by Crippen LogP contribution is -2.32. The number of hydrogen-bond acceptors (Lipinski definition) is 5. The number of rotatable bonds is 5. The molecular formula is C10H15ClN4O2S. The molecular weight excluding hydrogens is 276 g/mol. The third-order valence-electron chi connectivity index (χ3n) is 2.36. The van der Waals surface area contributed by atoms with Gasteiger partial charge in [0.25, 0.3) is 5.91 Å². The molecule has 0 spiro atoms. The van der Waals surface area contributed by atoms with E-state index in [4.69, 9.17) is 17.4 Å². The van der Waals surface area contributed by atoms with Gasteiger partial charge in [-0.2, -0.15) is 0 Å². The van der Waals surface area contributed by atoms with E-state index in [9.17, 15) is 9.00 Å². The smallest absolute Gasteiger partial charge is 0.252 e. The molecule has 1 aromatic heterocycles. The molecule has 0 aliphatic rings. The summed E-state index contributed by atoms with van der Waals surface area (Å²) in [6, 6.07) is 1.46. The van der Waals surface area contributed by atoms with Crippen LogP contribution in [0.5, 0.6) is 0 Å². The molecule has 0 radical (unpaired) electrons. The van der Waals surface area contributed by atoms with Crippen molar-refractivity contribution in [3.05, 3.63) is 22.8 Å². The predicted molar refractivity (Wildman–Crippen MR) is 72.9 cm³/mol. The normalized spacial score (nSPS) is 13.8. The maximum atomic E-state index is 11.8. The fourth-order valence-corrected chi connectivity index (χ4v) is 1.66. The third-order valence-corrected chi connectivity index (χ3v) is 3.94. The van der Waals surface area contributed by atoms with Crippen molar-refractivity contribution < 1.29 is 9.00 Å². The molecule has 0 aliphatic heterocycles. The van der Waals surface area contributed by atoms with Crippen molar-refractivity contribution >= 4 is 34.1 Å². The van der Waals surface area contributed by atoms with Crippen molar-refractivity contribution in [2.75, 3.05) is 18.2 Å². The van der Waals surface area contributed by atoms with Crippen LogP contribution in [0.1, 0.15) is 17.3 Å². The van der Waals surface area contributed by atoms with Crippen LogP contribution in [0.4, 0.5) is 5.82 Å². The van der Waals surface area contributed by atoms with E-state index in [0.29, 0.717) is 17.9 Å². The molecule has 0 fully saturated rings. The van der Waals surface area contributed by atoms with E-state index in [1.165, 1.54) is 12.3 Å². The minimum Gasteiger partial charge on any atom is -0.351 e. The first-order valence-corrected chi connectivity index (χ1v) is 7.18. The first-order chi connectivity index (χ1) is 8.45. The number of anilines is 1. The molecule has 1 heterocycles. The Balaban J connectivity index is 2.67. The topological polar surface area (TPSA) is 97.1 Å². The zero-order valence-electron chi connectivity index (χ0n) is 10.1. The summed E-state index contributed by atoms with van der Waals surface area (Å²) < 4.78 is 11.1. The standard InChI is InChI=1S/C10H15ClN4O2S/c1-6(18(2)17)4-14-10(16)7-3-8(11)9(15-12)13-5-7/h3,5-6H,4,12H2,1-2H3,(H,13,15)(H,14,16). The Hall–Kier alpha value is -1.18. The minimum atomic E-state index is -0.976. The highest BCUT2D eigenvalue weighted by Crippen LogP contribution is 2.18. The van der Waals surface area contributed by atoms with E-state index in [1.807, 2.05) is 0 Å². The average molecular weight is 291 g/mol. The first-order valence-electron chi connectivity index (χ1n) is 5.18. The fraction of sp³-hybridized carbons (Fsp3) is 0.400. The number of pyridine rings is 1. The second-order valence-corrected chi connectivity index (χ2v) is 5.93. The molecule has 0 aromatic carbocycles. The Morgan fingerprint density at radius 2 is 2.33 bits per heavy atom. The van der Waals surface area contributed by atoms with E-state index in [0.717, 1.165) is 0 Å². The van der Waals surface area contributed by atoms with Gasteiger partial charge in [-0.15, -0.1) is 0 Å². The number of halogens is 1. The quantitative estimate of drug-likeness (QED) is 0.542. The van der Waals surface area contributed by atoms with E-state index >= 15 is 0 Å². The molecule has 0 saturated carbocycles. The van der Waals surface area contributed by atoms with Gasteiger partial charge in [-0.25, -0.2) is 10.8 Å². The van der Waals surface area contributed by atoms with Crippen LogP contribution < -0.4 is 16.6 Å². The molecule has 8 heteroatoms. The van der Waals surface area contributed by atoms with Crippen LogP contribution in [0.3, 0.4) is 0 Å². The number of amides is 1.